The Balaban J connectivity index is 1.95. The highest BCUT2D eigenvalue weighted by atomic mass is 79.9. The number of halogens is 2. The second-order valence-corrected chi connectivity index (χ2v) is 6.62. The van der Waals surface area contributed by atoms with Gasteiger partial charge in [-0.1, -0.05) is 30.3 Å². The molecule has 0 fully saturated rings. The average Bonchev–Trinajstić information content (AvgIpc) is 2.89. The molecule has 0 aliphatic heterocycles. The Labute approximate surface area is 131 Å². The second kappa shape index (κ2) is 5.52. The van der Waals surface area contributed by atoms with Crippen LogP contribution < -0.4 is 5.73 Å². The third-order valence-corrected chi connectivity index (χ3v) is 5.06. The molecule has 3 N–H and O–H groups in total. The normalized spacial score (nSPS) is 17.5. The fourth-order valence-electron chi connectivity index (χ4n) is 3.21. The average molecular weight is 350 g/mol. The Kier molecular flexibility index (Phi) is 3.86. The van der Waals surface area contributed by atoms with Gasteiger partial charge in [0.25, 0.3) is 0 Å². The Morgan fingerprint density at radius 3 is 2.33 bits per heavy atom. The molecule has 3 rings (SSSR count). The van der Waals surface area contributed by atoms with Crippen molar-refractivity contribution in [1.29, 1.82) is 0 Å². The molecule has 1 aliphatic carbocycles. The van der Waals surface area contributed by atoms with Crippen molar-refractivity contribution in [2.75, 3.05) is 6.54 Å². The monoisotopic (exact) mass is 349 g/mol. The summed E-state index contributed by atoms with van der Waals surface area (Å²) >= 11 is 3.17. The first-order chi connectivity index (χ1) is 10.1. The molecule has 1 aliphatic rings. The lowest BCUT2D eigenvalue weighted by Crippen LogP contribution is -2.37. The molecule has 0 bridgehead atoms. The van der Waals surface area contributed by atoms with Crippen LogP contribution in [-0.2, 0) is 12.8 Å². The number of hydrogen-bond donors (Lipinski definition) is 2. The lowest BCUT2D eigenvalue weighted by molar-refractivity contribution is 0.0357. The number of rotatable bonds is 3. The molecule has 0 aromatic heterocycles. The molecule has 0 spiro atoms. The van der Waals surface area contributed by atoms with Crippen LogP contribution in [0.5, 0.6) is 0 Å². The summed E-state index contributed by atoms with van der Waals surface area (Å²) in [5, 5.41) is 10.8. The third kappa shape index (κ3) is 2.52. The minimum absolute atomic E-state index is 0.331. The number of aliphatic hydroxyl groups is 1. The summed E-state index contributed by atoms with van der Waals surface area (Å²) in [5.74, 6) is -0.331. The van der Waals surface area contributed by atoms with Crippen molar-refractivity contribution in [3.05, 3.63) is 69.4 Å². The van der Waals surface area contributed by atoms with Gasteiger partial charge in [0.05, 0.1) is 10.6 Å². The van der Waals surface area contributed by atoms with E-state index >= 15 is 0 Å². The van der Waals surface area contributed by atoms with Gasteiger partial charge in [0.2, 0.25) is 0 Å². The van der Waals surface area contributed by atoms with E-state index in [0.717, 1.165) is 12.8 Å². The predicted octanol–water partition coefficient (Wildman–Crippen LogP) is 3.37. The van der Waals surface area contributed by atoms with Crippen LogP contribution in [0.4, 0.5) is 4.39 Å². The van der Waals surface area contributed by atoms with E-state index in [1.165, 1.54) is 17.2 Å². The van der Waals surface area contributed by atoms with Crippen LogP contribution in [0.25, 0.3) is 0 Å². The van der Waals surface area contributed by atoms with Gasteiger partial charge < -0.3 is 10.8 Å². The minimum Gasteiger partial charge on any atom is -0.388 e. The molecule has 110 valence electrons. The predicted molar refractivity (Wildman–Crippen MR) is 84.4 cm³/mol. The summed E-state index contributed by atoms with van der Waals surface area (Å²) in [7, 11) is 0. The molecule has 21 heavy (non-hydrogen) atoms. The number of aliphatic hydroxyl groups excluding tert-OH is 1. The summed E-state index contributed by atoms with van der Waals surface area (Å²) < 4.78 is 13.7. The van der Waals surface area contributed by atoms with Crippen LogP contribution in [0, 0.1) is 11.2 Å². The Hall–Kier alpha value is -1.23. The maximum absolute atomic E-state index is 13.4. The molecule has 0 saturated carbocycles. The summed E-state index contributed by atoms with van der Waals surface area (Å²) in [5.41, 5.74) is 8.77. The van der Waals surface area contributed by atoms with Crippen LogP contribution in [-0.4, -0.2) is 11.7 Å². The summed E-state index contributed by atoms with van der Waals surface area (Å²) in [4.78, 5) is 0. The van der Waals surface area contributed by atoms with E-state index in [1.54, 1.807) is 12.1 Å². The molecular formula is C17H17BrFNO. The smallest absolute Gasteiger partial charge is 0.137 e. The van der Waals surface area contributed by atoms with Gasteiger partial charge in [-0.05, 0) is 57.6 Å². The van der Waals surface area contributed by atoms with Crippen molar-refractivity contribution >= 4 is 15.9 Å². The lowest BCUT2D eigenvalue weighted by atomic mass is 9.76. The van der Waals surface area contributed by atoms with Crippen LogP contribution in [0.2, 0.25) is 0 Å². The van der Waals surface area contributed by atoms with E-state index < -0.39 is 11.5 Å². The molecule has 0 saturated heterocycles. The molecule has 2 aromatic carbocycles. The van der Waals surface area contributed by atoms with E-state index in [2.05, 4.69) is 28.1 Å². The van der Waals surface area contributed by atoms with Gasteiger partial charge >= 0.3 is 0 Å². The van der Waals surface area contributed by atoms with Crippen molar-refractivity contribution in [2.24, 2.45) is 11.1 Å². The second-order valence-electron chi connectivity index (χ2n) is 5.76. The van der Waals surface area contributed by atoms with Crippen LogP contribution >= 0.6 is 15.9 Å². The number of hydrogen-bond acceptors (Lipinski definition) is 2. The zero-order chi connectivity index (χ0) is 15.0. The fourth-order valence-corrected chi connectivity index (χ4v) is 3.61. The summed E-state index contributed by atoms with van der Waals surface area (Å²) in [6.45, 7) is 0.387. The Morgan fingerprint density at radius 2 is 1.81 bits per heavy atom. The van der Waals surface area contributed by atoms with E-state index in [1.807, 2.05) is 12.1 Å². The van der Waals surface area contributed by atoms with Crippen LogP contribution in [0.3, 0.4) is 0 Å². The van der Waals surface area contributed by atoms with Crippen molar-refractivity contribution in [3.8, 4) is 0 Å². The number of fused-ring (bicyclic) bond motifs is 1. The van der Waals surface area contributed by atoms with Crippen molar-refractivity contribution < 1.29 is 9.50 Å². The van der Waals surface area contributed by atoms with Gasteiger partial charge in [-0.2, -0.15) is 0 Å². The number of benzene rings is 2. The molecule has 2 aromatic rings. The van der Waals surface area contributed by atoms with Crippen LogP contribution in [0.15, 0.2) is 46.9 Å². The molecule has 0 heterocycles. The van der Waals surface area contributed by atoms with Gasteiger partial charge in [0.1, 0.15) is 5.82 Å². The standard InChI is InChI=1S/C17H17BrFNO/c18-14-7-11(5-6-15(14)19)16(21)17(10-20)8-12-3-1-2-4-13(12)9-17/h1-7,16,21H,8-10,20H2. The minimum atomic E-state index is -0.716. The van der Waals surface area contributed by atoms with Gasteiger partial charge in [0.15, 0.2) is 0 Å². The highest BCUT2D eigenvalue weighted by Crippen LogP contribution is 2.45. The Bertz CT molecular complexity index is 649. The zero-order valence-electron chi connectivity index (χ0n) is 11.5. The highest BCUT2D eigenvalue weighted by Gasteiger charge is 2.42. The molecule has 1 atom stereocenters. The molecule has 0 amide bonds. The number of nitrogens with two attached hydrogens (primary N) is 1. The highest BCUT2D eigenvalue weighted by molar-refractivity contribution is 9.10. The molecule has 2 nitrogen and oxygen atoms in total. The van der Waals surface area contributed by atoms with Gasteiger partial charge in [-0.25, -0.2) is 4.39 Å². The fraction of sp³-hybridized carbons (Fsp3) is 0.294. The summed E-state index contributed by atoms with van der Waals surface area (Å²) in [6.07, 6.45) is 0.776. The topological polar surface area (TPSA) is 46.2 Å². The van der Waals surface area contributed by atoms with E-state index in [4.69, 9.17) is 5.73 Å². The van der Waals surface area contributed by atoms with E-state index in [9.17, 15) is 9.50 Å². The quantitative estimate of drug-likeness (QED) is 0.892. The molecule has 4 heteroatoms. The first-order valence-electron chi connectivity index (χ1n) is 6.95. The van der Waals surface area contributed by atoms with Crippen LogP contribution in [0.1, 0.15) is 22.8 Å². The SMILES string of the molecule is NCC1(C(O)c2ccc(F)c(Br)c2)Cc2ccccc2C1. The molecular weight excluding hydrogens is 333 g/mol. The zero-order valence-corrected chi connectivity index (χ0v) is 13.1. The lowest BCUT2D eigenvalue weighted by Gasteiger charge is -2.33. The molecule has 0 radical (unpaired) electrons. The van der Waals surface area contributed by atoms with Gasteiger partial charge in [-0.15, -0.1) is 0 Å². The van der Waals surface area contributed by atoms with E-state index in [-0.39, 0.29) is 5.82 Å². The molecule has 1 unspecified atom stereocenters. The Morgan fingerprint density at radius 1 is 1.19 bits per heavy atom. The maximum Gasteiger partial charge on any atom is 0.137 e. The van der Waals surface area contributed by atoms with E-state index in [0.29, 0.717) is 16.6 Å². The van der Waals surface area contributed by atoms with Gasteiger partial charge in [0, 0.05) is 12.0 Å². The van der Waals surface area contributed by atoms with Crippen molar-refractivity contribution in [2.45, 2.75) is 18.9 Å². The van der Waals surface area contributed by atoms with Gasteiger partial charge in [-0.3, -0.25) is 0 Å². The third-order valence-electron chi connectivity index (χ3n) is 4.45. The largest absolute Gasteiger partial charge is 0.388 e. The van der Waals surface area contributed by atoms with Crippen molar-refractivity contribution in [3.63, 3.8) is 0 Å². The first-order valence-corrected chi connectivity index (χ1v) is 7.75. The first kappa shape index (κ1) is 14.7. The van der Waals surface area contributed by atoms with Crippen molar-refractivity contribution in [1.82, 2.24) is 0 Å². The summed E-state index contributed by atoms with van der Waals surface area (Å²) in [6, 6.07) is 12.8. The maximum atomic E-state index is 13.4.